The summed E-state index contributed by atoms with van der Waals surface area (Å²) in [6.45, 7) is 2.84. The normalized spacial score (nSPS) is 25.5. The molecule has 14 heavy (non-hydrogen) atoms. The standard InChI is InChI=1S/C10H15N3O/c1-2-14-9-6-8(7-9)12-10-4-3-5-11-13-10/h3-5,8-9H,2,6-7H2,1H3,(H,12,13). The van der Waals surface area contributed by atoms with E-state index < -0.39 is 0 Å². The number of nitrogens with zero attached hydrogens (tertiary/aromatic N) is 2. The molecule has 1 fully saturated rings. The number of anilines is 1. The molecule has 1 saturated carbocycles. The van der Waals surface area contributed by atoms with Gasteiger partial charge in [0.05, 0.1) is 6.10 Å². The zero-order chi connectivity index (χ0) is 9.80. The van der Waals surface area contributed by atoms with Crippen LogP contribution in [0.1, 0.15) is 19.8 Å². The third-order valence-corrected chi connectivity index (χ3v) is 2.42. The molecule has 0 saturated heterocycles. The van der Waals surface area contributed by atoms with Gasteiger partial charge in [-0.1, -0.05) is 0 Å². The summed E-state index contributed by atoms with van der Waals surface area (Å²) in [6.07, 6.45) is 4.26. The molecular formula is C10H15N3O. The van der Waals surface area contributed by atoms with E-state index in [9.17, 15) is 0 Å². The van der Waals surface area contributed by atoms with Gasteiger partial charge in [0.2, 0.25) is 0 Å². The first-order chi connectivity index (χ1) is 6.88. The molecule has 0 aliphatic heterocycles. The van der Waals surface area contributed by atoms with Gasteiger partial charge in [0.25, 0.3) is 0 Å². The maximum Gasteiger partial charge on any atom is 0.148 e. The van der Waals surface area contributed by atoms with Gasteiger partial charge in [0.1, 0.15) is 5.82 Å². The van der Waals surface area contributed by atoms with Crippen molar-refractivity contribution in [1.82, 2.24) is 10.2 Å². The largest absolute Gasteiger partial charge is 0.378 e. The highest BCUT2D eigenvalue weighted by atomic mass is 16.5. The van der Waals surface area contributed by atoms with E-state index in [1.54, 1.807) is 6.20 Å². The van der Waals surface area contributed by atoms with Gasteiger partial charge in [-0.05, 0) is 31.9 Å². The summed E-state index contributed by atoms with van der Waals surface area (Å²) in [6, 6.07) is 4.32. The molecule has 1 aromatic heterocycles. The molecule has 4 nitrogen and oxygen atoms in total. The van der Waals surface area contributed by atoms with Crippen molar-refractivity contribution in [3.05, 3.63) is 18.3 Å². The van der Waals surface area contributed by atoms with E-state index in [-0.39, 0.29) is 0 Å². The first-order valence-corrected chi connectivity index (χ1v) is 5.04. The van der Waals surface area contributed by atoms with Crippen molar-refractivity contribution in [2.24, 2.45) is 0 Å². The number of nitrogens with one attached hydrogen (secondary N) is 1. The second kappa shape index (κ2) is 4.37. The second-order valence-corrected chi connectivity index (χ2v) is 3.50. The smallest absolute Gasteiger partial charge is 0.148 e. The Hall–Kier alpha value is -1.16. The summed E-state index contributed by atoms with van der Waals surface area (Å²) in [5.74, 6) is 0.854. The third-order valence-electron chi connectivity index (χ3n) is 2.42. The number of rotatable bonds is 4. The van der Waals surface area contributed by atoms with Crippen LogP contribution >= 0.6 is 0 Å². The maximum absolute atomic E-state index is 5.47. The molecule has 1 heterocycles. The highest BCUT2D eigenvalue weighted by molar-refractivity contribution is 5.33. The molecule has 1 aromatic rings. The van der Waals surface area contributed by atoms with E-state index in [4.69, 9.17) is 4.74 Å². The lowest BCUT2D eigenvalue weighted by atomic mass is 9.89. The number of hydrogen-bond acceptors (Lipinski definition) is 4. The monoisotopic (exact) mass is 193 g/mol. The molecule has 1 N–H and O–H groups in total. The van der Waals surface area contributed by atoms with Gasteiger partial charge in [-0.15, -0.1) is 5.10 Å². The minimum Gasteiger partial charge on any atom is -0.378 e. The van der Waals surface area contributed by atoms with E-state index in [1.807, 2.05) is 19.1 Å². The summed E-state index contributed by atoms with van der Waals surface area (Å²) in [7, 11) is 0. The molecule has 0 unspecified atom stereocenters. The van der Waals surface area contributed by atoms with Gasteiger partial charge >= 0.3 is 0 Å². The molecule has 0 spiro atoms. The van der Waals surface area contributed by atoms with Crippen molar-refractivity contribution >= 4 is 5.82 Å². The molecular weight excluding hydrogens is 178 g/mol. The van der Waals surface area contributed by atoms with E-state index in [0.29, 0.717) is 12.1 Å². The summed E-state index contributed by atoms with van der Waals surface area (Å²) in [5, 5.41) is 11.1. The summed E-state index contributed by atoms with van der Waals surface area (Å²) in [5.41, 5.74) is 0. The minimum absolute atomic E-state index is 0.439. The fourth-order valence-electron chi connectivity index (χ4n) is 1.64. The van der Waals surface area contributed by atoms with Crippen LogP contribution in [0.2, 0.25) is 0 Å². The minimum atomic E-state index is 0.439. The van der Waals surface area contributed by atoms with Crippen molar-refractivity contribution in [2.45, 2.75) is 31.9 Å². The highest BCUT2D eigenvalue weighted by Gasteiger charge is 2.29. The van der Waals surface area contributed by atoms with Crippen molar-refractivity contribution in [1.29, 1.82) is 0 Å². The second-order valence-electron chi connectivity index (χ2n) is 3.50. The quantitative estimate of drug-likeness (QED) is 0.786. The number of hydrogen-bond donors (Lipinski definition) is 1. The molecule has 0 aromatic carbocycles. The average Bonchev–Trinajstić information content (AvgIpc) is 2.16. The molecule has 4 heteroatoms. The Labute approximate surface area is 83.7 Å². The van der Waals surface area contributed by atoms with Crippen molar-refractivity contribution in [3.63, 3.8) is 0 Å². The van der Waals surface area contributed by atoms with Crippen molar-refractivity contribution in [2.75, 3.05) is 11.9 Å². The lowest BCUT2D eigenvalue weighted by Gasteiger charge is -2.35. The summed E-state index contributed by atoms with van der Waals surface area (Å²) in [4.78, 5) is 0. The first kappa shape index (κ1) is 9.40. The predicted molar refractivity (Wildman–Crippen MR) is 54.1 cm³/mol. The van der Waals surface area contributed by atoms with Crippen molar-refractivity contribution in [3.8, 4) is 0 Å². The Morgan fingerprint density at radius 3 is 3.07 bits per heavy atom. The predicted octanol–water partition coefficient (Wildman–Crippen LogP) is 1.46. The first-order valence-electron chi connectivity index (χ1n) is 5.04. The van der Waals surface area contributed by atoms with Crippen LogP contribution in [0, 0.1) is 0 Å². The zero-order valence-electron chi connectivity index (χ0n) is 8.31. The van der Waals surface area contributed by atoms with Crippen LogP contribution in [0.25, 0.3) is 0 Å². The van der Waals surface area contributed by atoms with Gasteiger partial charge in [-0.3, -0.25) is 0 Å². The molecule has 0 radical (unpaired) electrons. The van der Waals surface area contributed by atoms with Gasteiger partial charge in [-0.25, -0.2) is 0 Å². The third kappa shape index (κ3) is 2.20. The van der Waals surface area contributed by atoms with Crippen LogP contribution in [-0.2, 0) is 4.74 Å². The van der Waals surface area contributed by atoms with E-state index in [0.717, 1.165) is 25.3 Å². The van der Waals surface area contributed by atoms with Crippen LogP contribution < -0.4 is 5.32 Å². The van der Waals surface area contributed by atoms with E-state index in [2.05, 4.69) is 15.5 Å². The fraction of sp³-hybridized carbons (Fsp3) is 0.600. The van der Waals surface area contributed by atoms with Crippen molar-refractivity contribution < 1.29 is 4.74 Å². The molecule has 1 aliphatic rings. The van der Waals surface area contributed by atoms with E-state index in [1.165, 1.54) is 0 Å². The summed E-state index contributed by atoms with van der Waals surface area (Å²) >= 11 is 0. The maximum atomic E-state index is 5.47. The zero-order valence-corrected chi connectivity index (χ0v) is 8.31. The van der Waals surface area contributed by atoms with Gasteiger partial charge in [0.15, 0.2) is 0 Å². The van der Waals surface area contributed by atoms with Gasteiger partial charge in [-0.2, -0.15) is 5.10 Å². The Morgan fingerprint density at radius 1 is 1.57 bits per heavy atom. The Bertz CT molecular complexity index is 272. The summed E-state index contributed by atoms with van der Waals surface area (Å²) < 4.78 is 5.47. The molecule has 0 atom stereocenters. The lowest BCUT2D eigenvalue weighted by molar-refractivity contribution is 0.00291. The van der Waals surface area contributed by atoms with Crippen LogP contribution in [0.5, 0.6) is 0 Å². The molecule has 76 valence electrons. The Morgan fingerprint density at radius 2 is 2.43 bits per heavy atom. The average molecular weight is 193 g/mol. The molecule has 0 bridgehead atoms. The van der Waals surface area contributed by atoms with Gasteiger partial charge < -0.3 is 10.1 Å². The number of aromatic nitrogens is 2. The molecule has 1 aliphatic carbocycles. The van der Waals surface area contributed by atoms with Crippen LogP contribution in [0.4, 0.5) is 5.82 Å². The fourth-order valence-corrected chi connectivity index (χ4v) is 1.64. The SMILES string of the molecule is CCOC1CC(Nc2cccnn2)C1. The highest BCUT2D eigenvalue weighted by Crippen LogP contribution is 2.25. The Kier molecular flexibility index (Phi) is 2.93. The van der Waals surface area contributed by atoms with Crippen LogP contribution in [0.15, 0.2) is 18.3 Å². The van der Waals surface area contributed by atoms with Gasteiger partial charge in [0, 0.05) is 18.8 Å². The van der Waals surface area contributed by atoms with E-state index >= 15 is 0 Å². The Balaban J connectivity index is 1.74. The topological polar surface area (TPSA) is 47.0 Å². The van der Waals surface area contributed by atoms with Crippen LogP contribution in [-0.4, -0.2) is 29.0 Å². The van der Waals surface area contributed by atoms with Crippen LogP contribution in [0.3, 0.4) is 0 Å². The molecule has 2 rings (SSSR count). The lowest BCUT2D eigenvalue weighted by Crippen LogP contribution is -2.41. The molecule has 0 amide bonds. The number of ether oxygens (including phenoxy) is 1.